The van der Waals surface area contributed by atoms with E-state index in [9.17, 15) is 4.79 Å². The lowest BCUT2D eigenvalue weighted by Crippen LogP contribution is -2.25. The summed E-state index contributed by atoms with van der Waals surface area (Å²) in [6.07, 6.45) is 1.58. The highest BCUT2D eigenvalue weighted by molar-refractivity contribution is 7.99. The van der Waals surface area contributed by atoms with Crippen LogP contribution in [-0.4, -0.2) is 38.9 Å². The number of H-pyrrole nitrogens is 1. The number of carbonyl (C=O) groups is 1. The van der Waals surface area contributed by atoms with Crippen molar-refractivity contribution in [2.24, 2.45) is 5.10 Å². The molecule has 4 rings (SSSR count). The van der Waals surface area contributed by atoms with Gasteiger partial charge in [-0.25, -0.2) is 9.99 Å². The lowest BCUT2D eigenvalue weighted by molar-refractivity contribution is -0.127. The van der Waals surface area contributed by atoms with E-state index in [-0.39, 0.29) is 5.91 Å². The SMILES string of the molecule is Cc1[nH]c(SCC(=O)N2CCC(c3ccccc3)=N2)nc1Cc1ccccc1. The van der Waals surface area contributed by atoms with Crippen LogP contribution in [0, 0.1) is 6.92 Å². The Kier molecular flexibility index (Phi) is 5.58. The van der Waals surface area contributed by atoms with Crippen molar-refractivity contribution < 1.29 is 4.79 Å². The highest BCUT2D eigenvalue weighted by Crippen LogP contribution is 2.21. The summed E-state index contributed by atoms with van der Waals surface area (Å²) >= 11 is 1.43. The molecule has 0 aliphatic carbocycles. The van der Waals surface area contributed by atoms with Crippen LogP contribution in [-0.2, 0) is 11.2 Å². The molecule has 0 radical (unpaired) electrons. The number of nitrogens with one attached hydrogen (secondary N) is 1. The first kappa shape index (κ1) is 18.5. The lowest BCUT2D eigenvalue weighted by atomic mass is 10.1. The summed E-state index contributed by atoms with van der Waals surface area (Å²) in [5.41, 5.74) is 5.34. The predicted octanol–water partition coefficient (Wildman–Crippen LogP) is 4.04. The van der Waals surface area contributed by atoms with Crippen molar-refractivity contribution in [1.82, 2.24) is 15.0 Å². The van der Waals surface area contributed by atoms with E-state index in [1.807, 2.05) is 55.5 Å². The molecule has 0 saturated carbocycles. The number of rotatable bonds is 6. The largest absolute Gasteiger partial charge is 0.337 e. The molecule has 0 fully saturated rings. The van der Waals surface area contributed by atoms with Crippen molar-refractivity contribution in [3.05, 3.63) is 83.2 Å². The molecule has 1 amide bonds. The van der Waals surface area contributed by atoms with E-state index < -0.39 is 0 Å². The smallest absolute Gasteiger partial charge is 0.253 e. The second-order valence-corrected chi connectivity index (χ2v) is 7.71. The maximum absolute atomic E-state index is 12.5. The van der Waals surface area contributed by atoms with E-state index in [0.717, 1.165) is 40.7 Å². The molecule has 0 unspecified atom stereocenters. The van der Waals surface area contributed by atoms with Crippen molar-refractivity contribution in [2.45, 2.75) is 24.9 Å². The van der Waals surface area contributed by atoms with Crippen molar-refractivity contribution in [3.8, 4) is 0 Å². The molecule has 6 heteroatoms. The van der Waals surface area contributed by atoms with Gasteiger partial charge in [-0.15, -0.1) is 0 Å². The minimum absolute atomic E-state index is 0.00888. The Morgan fingerprint density at radius 2 is 1.82 bits per heavy atom. The lowest BCUT2D eigenvalue weighted by Gasteiger charge is -2.10. The zero-order chi connectivity index (χ0) is 19.3. The van der Waals surface area contributed by atoms with E-state index in [2.05, 4.69) is 27.2 Å². The first-order chi connectivity index (χ1) is 13.7. The molecule has 2 aromatic carbocycles. The van der Waals surface area contributed by atoms with Crippen LogP contribution in [0.5, 0.6) is 0 Å². The van der Waals surface area contributed by atoms with Gasteiger partial charge in [-0.2, -0.15) is 5.10 Å². The molecular formula is C22H22N4OS. The zero-order valence-corrected chi connectivity index (χ0v) is 16.6. The Morgan fingerprint density at radius 1 is 1.11 bits per heavy atom. The molecule has 1 aromatic heterocycles. The number of benzene rings is 2. The fourth-order valence-corrected chi connectivity index (χ4v) is 3.98. The average molecular weight is 391 g/mol. The summed E-state index contributed by atoms with van der Waals surface area (Å²) in [6.45, 7) is 2.66. The number of imidazole rings is 1. The highest BCUT2D eigenvalue weighted by Gasteiger charge is 2.22. The Balaban J connectivity index is 1.35. The predicted molar refractivity (Wildman–Crippen MR) is 113 cm³/mol. The quantitative estimate of drug-likeness (QED) is 0.646. The molecule has 0 atom stereocenters. The van der Waals surface area contributed by atoms with Gasteiger partial charge in [-0.05, 0) is 18.1 Å². The number of nitrogens with zero attached hydrogens (tertiary/aromatic N) is 3. The van der Waals surface area contributed by atoms with Gasteiger partial charge in [0.15, 0.2) is 5.16 Å². The number of hydrazone groups is 1. The van der Waals surface area contributed by atoms with Gasteiger partial charge in [0.1, 0.15) is 0 Å². The number of amides is 1. The summed E-state index contributed by atoms with van der Waals surface area (Å²) in [5.74, 6) is 0.332. The molecule has 0 saturated heterocycles. The van der Waals surface area contributed by atoms with E-state index in [1.54, 1.807) is 5.01 Å². The number of hydrogen-bond acceptors (Lipinski definition) is 4. The summed E-state index contributed by atoms with van der Waals surface area (Å²) in [6, 6.07) is 20.3. The molecule has 1 aliphatic heterocycles. The normalized spacial score (nSPS) is 13.6. The van der Waals surface area contributed by atoms with Gasteiger partial charge in [0.25, 0.3) is 5.91 Å². The second kappa shape index (κ2) is 8.44. The minimum atomic E-state index is 0.00888. The Hall–Kier alpha value is -2.86. The molecule has 2 heterocycles. The van der Waals surface area contributed by atoms with Gasteiger partial charge in [-0.3, -0.25) is 4.79 Å². The van der Waals surface area contributed by atoms with Crippen LogP contribution < -0.4 is 0 Å². The second-order valence-electron chi connectivity index (χ2n) is 6.74. The number of aromatic amines is 1. The monoisotopic (exact) mass is 390 g/mol. The standard InChI is InChI=1S/C22H22N4OS/c1-16-20(14-17-8-4-2-5-9-17)24-22(23-16)28-15-21(27)26-13-12-19(25-26)18-10-6-3-7-11-18/h2-11H,12-15H2,1H3,(H,23,24). The van der Waals surface area contributed by atoms with E-state index in [0.29, 0.717) is 12.3 Å². The molecular weight excluding hydrogens is 368 g/mol. The fraction of sp³-hybridized carbons (Fsp3) is 0.227. The van der Waals surface area contributed by atoms with Crippen LogP contribution in [0.1, 0.15) is 28.9 Å². The van der Waals surface area contributed by atoms with Crippen molar-refractivity contribution in [2.75, 3.05) is 12.3 Å². The van der Waals surface area contributed by atoms with Gasteiger partial charge in [-0.1, -0.05) is 72.4 Å². The number of aromatic nitrogens is 2. The van der Waals surface area contributed by atoms with Crippen molar-refractivity contribution in [1.29, 1.82) is 0 Å². The third-order valence-electron chi connectivity index (χ3n) is 4.71. The maximum Gasteiger partial charge on any atom is 0.253 e. The molecule has 28 heavy (non-hydrogen) atoms. The number of hydrogen-bond donors (Lipinski definition) is 1. The van der Waals surface area contributed by atoms with Gasteiger partial charge >= 0.3 is 0 Å². The third kappa shape index (κ3) is 4.34. The molecule has 0 spiro atoms. The van der Waals surface area contributed by atoms with Gasteiger partial charge in [0.05, 0.1) is 23.7 Å². The molecule has 1 N–H and O–H groups in total. The Morgan fingerprint density at radius 3 is 2.57 bits per heavy atom. The third-order valence-corrected chi connectivity index (χ3v) is 5.57. The molecule has 142 valence electrons. The van der Waals surface area contributed by atoms with Gasteiger partial charge in [0, 0.05) is 18.5 Å². The van der Waals surface area contributed by atoms with E-state index in [1.165, 1.54) is 17.3 Å². The van der Waals surface area contributed by atoms with E-state index >= 15 is 0 Å². The van der Waals surface area contributed by atoms with Crippen LogP contribution in [0.15, 0.2) is 70.9 Å². The zero-order valence-electron chi connectivity index (χ0n) is 15.8. The van der Waals surface area contributed by atoms with Crippen LogP contribution in [0.25, 0.3) is 0 Å². The summed E-state index contributed by atoms with van der Waals surface area (Å²) < 4.78 is 0. The fourth-order valence-electron chi connectivity index (χ4n) is 3.17. The van der Waals surface area contributed by atoms with Crippen LogP contribution in [0.2, 0.25) is 0 Å². The van der Waals surface area contributed by atoms with Crippen molar-refractivity contribution >= 4 is 23.4 Å². The van der Waals surface area contributed by atoms with Gasteiger partial charge in [0.2, 0.25) is 0 Å². The first-order valence-corrected chi connectivity index (χ1v) is 10.3. The average Bonchev–Trinajstić information content (AvgIpc) is 3.35. The topological polar surface area (TPSA) is 61.4 Å². The van der Waals surface area contributed by atoms with Crippen LogP contribution in [0.3, 0.4) is 0 Å². The molecule has 1 aliphatic rings. The maximum atomic E-state index is 12.5. The molecule has 5 nitrogen and oxygen atoms in total. The highest BCUT2D eigenvalue weighted by atomic mass is 32.2. The summed E-state index contributed by atoms with van der Waals surface area (Å²) in [4.78, 5) is 20.5. The molecule has 0 bridgehead atoms. The Bertz CT molecular complexity index is 982. The minimum Gasteiger partial charge on any atom is -0.337 e. The van der Waals surface area contributed by atoms with Crippen LogP contribution >= 0.6 is 11.8 Å². The van der Waals surface area contributed by atoms with E-state index in [4.69, 9.17) is 0 Å². The Labute approximate surface area is 168 Å². The first-order valence-electron chi connectivity index (χ1n) is 9.34. The summed E-state index contributed by atoms with van der Waals surface area (Å²) in [7, 11) is 0. The number of carbonyl (C=O) groups excluding carboxylic acids is 1. The number of aryl methyl sites for hydroxylation is 1. The summed E-state index contributed by atoms with van der Waals surface area (Å²) in [5, 5.41) is 6.87. The van der Waals surface area contributed by atoms with Crippen LogP contribution in [0.4, 0.5) is 0 Å². The van der Waals surface area contributed by atoms with Crippen molar-refractivity contribution in [3.63, 3.8) is 0 Å². The number of thioether (sulfide) groups is 1. The van der Waals surface area contributed by atoms with Gasteiger partial charge < -0.3 is 4.98 Å². The molecule has 3 aromatic rings.